The van der Waals surface area contributed by atoms with Gasteiger partial charge in [0.2, 0.25) is 0 Å². The molecule has 274 valence electrons. The fourth-order valence-corrected chi connectivity index (χ4v) is 13.4. The molecule has 0 aliphatic heterocycles. The number of fused-ring (bicyclic) bond motifs is 8. The minimum absolute atomic E-state index is 0.372. The molecule has 0 fully saturated rings. The van der Waals surface area contributed by atoms with E-state index in [-0.39, 0.29) is 0 Å². The SMILES string of the molecule is CCCCCCCCCCCCc1ccc2cc3c(cc2c1)[se]c1cc2c(cc13)[se]c1cc3cc(CCCCCCCCCCCC)ccc3cc12. The van der Waals surface area contributed by atoms with E-state index in [1.807, 2.05) is 0 Å². The summed E-state index contributed by atoms with van der Waals surface area (Å²) in [5.41, 5.74) is 3.04. The van der Waals surface area contributed by atoms with Crippen molar-refractivity contribution in [3.8, 4) is 0 Å². The van der Waals surface area contributed by atoms with Crippen molar-refractivity contribution >= 4 is 89.1 Å². The first-order chi connectivity index (χ1) is 25.7. The van der Waals surface area contributed by atoms with E-state index in [1.165, 1.54) is 195 Å². The number of benzene rings is 5. The fourth-order valence-electron chi connectivity index (χ4n) is 8.57. The maximum absolute atomic E-state index is 2.59. The van der Waals surface area contributed by atoms with Crippen molar-refractivity contribution in [2.45, 2.75) is 155 Å². The number of hydrogen-bond acceptors (Lipinski definition) is 0. The topological polar surface area (TPSA) is 0 Å². The molecule has 0 unspecified atom stereocenters. The standard InChI is InChI=1S/C50H62Se2/c1-3-5-7-9-11-13-15-17-19-21-23-37-25-27-39-31-43-45-35-50-46(36-49(45)51-47(43)33-41(39)29-37)44-32-40-28-26-38(30-42(40)34-48(44)52-50)24-22-20-18-16-14-12-10-8-6-4-2/h25-36H,3-24H2,1-2H3. The van der Waals surface area contributed by atoms with E-state index in [9.17, 15) is 0 Å². The molecule has 5 aromatic carbocycles. The Hall–Kier alpha value is -2.34. The average molecular weight is 821 g/mol. The fraction of sp³-hybridized carbons (Fsp3) is 0.480. The van der Waals surface area contributed by atoms with Crippen LogP contribution in [0.2, 0.25) is 0 Å². The van der Waals surface area contributed by atoms with Gasteiger partial charge in [0.25, 0.3) is 0 Å². The first kappa shape index (κ1) is 38.0. The first-order valence-corrected chi connectivity index (χ1v) is 24.8. The van der Waals surface area contributed by atoms with Crippen LogP contribution in [0.25, 0.3) is 60.1 Å². The van der Waals surface area contributed by atoms with Gasteiger partial charge in [0.1, 0.15) is 0 Å². The molecule has 2 heterocycles. The van der Waals surface area contributed by atoms with Crippen LogP contribution in [0.3, 0.4) is 0 Å². The molecule has 0 amide bonds. The van der Waals surface area contributed by atoms with Gasteiger partial charge in [-0.15, -0.1) is 0 Å². The second kappa shape index (κ2) is 19.3. The van der Waals surface area contributed by atoms with Gasteiger partial charge in [-0.05, 0) is 0 Å². The summed E-state index contributed by atoms with van der Waals surface area (Å²) in [7, 11) is 0. The van der Waals surface area contributed by atoms with Crippen molar-refractivity contribution in [2.24, 2.45) is 0 Å². The zero-order chi connectivity index (χ0) is 35.5. The Morgan fingerprint density at radius 2 is 0.635 bits per heavy atom. The van der Waals surface area contributed by atoms with Gasteiger partial charge >= 0.3 is 263 Å². The quantitative estimate of drug-likeness (QED) is 0.0472. The Balaban J connectivity index is 0.987. The number of aryl methyl sites for hydroxylation is 2. The van der Waals surface area contributed by atoms with E-state index < -0.39 is 0 Å². The zero-order valence-corrected chi connectivity index (χ0v) is 35.7. The minimum atomic E-state index is 0.372. The number of rotatable bonds is 22. The molecular formula is C50H62Se2. The molecule has 0 saturated heterocycles. The van der Waals surface area contributed by atoms with Crippen molar-refractivity contribution in [2.75, 3.05) is 0 Å². The summed E-state index contributed by atoms with van der Waals surface area (Å²) < 4.78 is 6.32. The van der Waals surface area contributed by atoms with Crippen LogP contribution in [-0.4, -0.2) is 29.0 Å². The Morgan fingerprint density at radius 3 is 1.02 bits per heavy atom. The third kappa shape index (κ3) is 9.66. The molecule has 0 N–H and O–H groups in total. The van der Waals surface area contributed by atoms with Crippen LogP contribution >= 0.6 is 0 Å². The van der Waals surface area contributed by atoms with Crippen molar-refractivity contribution in [3.05, 3.63) is 83.9 Å². The van der Waals surface area contributed by atoms with Gasteiger partial charge < -0.3 is 0 Å². The molecule has 0 bridgehead atoms. The molecular weight excluding hydrogens is 758 g/mol. The molecule has 52 heavy (non-hydrogen) atoms. The van der Waals surface area contributed by atoms with Crippen LogP contribution in [0.5, 0.6) is 0 Å². The van der Waals surface area contributed by atoms with E-state index in [1.54, 1.807) is 17.0 Å². The van der Waals surface area contributed by atoms with E-state index in [4.69, 9.17) is 0 Å². The van der Waals surface area contributed by atoms with Gasteiger partial charge in [-0.1, -0.05) is 65.2 Å². The van der Waals surface area contributed by atoms with E-state index in [2.05, 4.69) is 86.6 Å². The molecule has 0 nitrogen and oxygen atoms in total. The van der Waals surface area contributed by atoms with Crippen LogP contribution in [-0.2, 0) is 12.8 Å². The van der Waals surface area contributed by atoms with Gasteiger partial charge in [0.05, 0.1) is 0 Å². The first-order valence-electron chi connectivity index (χ1n) is 21.4. The monoisotopic (exact) mass is 822 g/mol. The molecule has 2 heteroatoms. The second-order valence-electron chi connectivity index (χ2n) is 16.0. The van der Waals surface area contributed by atoms with Crippen LogP contribution in [0.4, 0.5) is 0 Å². The van der Waals surface area contributed by atoms with Crippen molar-refractivity contribution in [1.82, 2.24) is 0 Å². The summed E-state index contributed by atoms with van der Waals surface area (Å²) in [5.74, 6) is 0. The van der Waals surface area contributed by atoms with Gasteiger partial charge in [0.15, 0.2) is 0 Å². The average Bonchev–Trinajstić information content (AvgIpc) is 3.68. The van der Waals surface area contributed by atoms with Crippen molar-refractivity contribution in [1.29, 1.82) is 0 Å². The predicted octanol–water partition coefficient (Wildman–Crippen LogP) is 15.6. The van der Waals surface area contributed by atoms with Gasteiger partial charge in [-0.2, -0.15) is 0 Å². The second-order valence-corrected chi connectivity index (χ2v) is 20.5. The van der Waals surface area contributed by atoms with Gasteiger partial charge in [-0.3, -0.25) is 0 Å². The predicted molar refractivity (Wildman–Crippen MR) is 236 cm³/mol. The molecule has 0 spiro atoms. The number of hydrogen-bond donors (Lipinski definition) is 0. The van der Waals surface area contributed by atoms with Crippen LogP contribution in [0.1, 0.15) is 153 Å². The summed E-state index contributed by atoms with van der Waals surface area (Å²) in [5, 5.41) is 11.7. The molecule has 0 atom stereocenters. The number of unbranched alkanes of at least 4 members (excludes halogenated alkanes) is 18. The molecule has 7 aromatic rings. The van der Waals surface area contributed by atoms with Gasteiger partial charge in [0, 0.05) is 0 Å². The zero-order valence-electron chi connectivity index (χ0n) is 32.3. The van der Waals surface area contributed by atoms with Crippen LogP contribution in [0, 0.1) is 0 Å². The van der Waals surface area contributed by atoms with E-state index in [0.29, 0.717) is 29.0 Å². The molecule has 7 rings (SSSR count). The normalized spacial score (nSPS) is 12.2. The van der Waals surface area contributed by atoms with Crippen molar-refractivity contribution < 1.29 is 0 Å². The summed E-state index contributed by atoms with van der Waals surface area (Å²) in [6, 6.07) is 29.9. The molecule has 0 aliphatic carbocycles. The summed E-state index contributed by atoms with van der Waals surface area (Å²) in [4.78, 5) is 0. The Morgan fingerprint density at radius 1 is 0.308 bits per heavy atom. The Bertz CT molecular complexity index is 2040. The van der Waals surface area contributed by atoms with Crippen LogP contribution < -0.4 is 0 Å². The van der Waals surface area contributed by atoms with Crippen molar-refractivity contribution in [3.63, 3.8) is 0 Å². The van der Waals surface area contributed by atoms with E-state index in [0.717, 1.165) is 0 Å². The third-order valence-electron chi connectivity index (χ3n) is 11.7. The summed E-state index contributed by atoms with van der Waals surface area (Å²) in [6.07, 6.45) is 30.5. The van der Waals surface area contributed by atoms with Crippen LogP contribution in [0.15, 0.2) is 72.8 Å². The molecule has 0 aliphatic rings. The summed E-state index contributed by atoms with van der Waals surface area (Å²) >= 11 is 0.743. The van der Waals surface area contributed by atoms with E-state index >= 15 is 0 Å². The third-order valence-corrected chi connectivity index (χ3v) is 16.4. The molecule has 0 radical (unpaired) electrons. The Kier molecular flexibility index (Phi) is 14.1. The maximum atomic E-state index is 2.59. The van der Waals surface area contributed by atoms with Gasteiger partial charge in [-0.25, -0.2) is 0 Å². The molecule has 0 saturated carbocycles. The molecule has 2 aromatic heterocycles. The summed E-state index contributed by atoms with van der Waals surface area (Å²) in [6.45, 7) is 4.61. The Labute approximate surface area is 326 Å².